The minimum Gasteiger partial charge on any atom is -0.481 e. The van der Waals surface area contributed by atoms with Crippen LogP contribution in [0.5, 0.6) is 0 Å². The Morgan fingerprint density at radius 1 is 1.38 bits per heavy atom. The first-order chi connectivity index (χ1) is 9.71. The zero-order valence-electron chi connectivity index (χ0n) is 11.4. The predicted octanol–water partition coefficient (Wildman–Crippen LogP) is 1.67. The lowest BCUT2D eigenvalue weighted by molar-refractivity contribution is -0.384. The van der Waals surface area contributed by atoms with Crippen LogP contribution in [-0.4, -0.2) is 37.2 Å². The van der Waals surface area contributed by atoms with Crippen molar-refractivity contribution in [2.45, 2.75) is 24.2 Å². The average molecular weight is 316 g/mol. The SMILES string of the molecule is CS(=O)(=O)c1ccc(NCCCCC(=O)O)c([N+](=O)[O-])c1. The van der Waals surface area contributed by atoms with E-state index in [4.69, 9.17) is 5.11 Å². The second-order valence-electron chi connectivity index (χ2n) is 4.49. The number of anilines is 1. The number of aliphatic carboxylic acids is 1. The Bertz CT molecular complexity index is 641. The molecule has 0 atom stereocenters. The van der Waals surface area contributed by atoms with Gasteiger partial charge in [-0.15, -0.1) is 0 Å². The molecular weight excluding hydrogens is 300 g/mol. The molecule has 1 aromatic rings. The Morgan fingerprint density at radius 3 is 2.57 bits per heavy atom. The van der Waals surface area contributed by atoms with Crippen molar-refractivity contribution in [2.24, 2.45) is 0 Å². The maximum atomic E-state index is 11.4. The lowest BCUT2D eigenvalue weighted by Gasteiger charge is -2.08. The van der Waals surface area contributed by atoms with Crippen LogP contribution in [-0.2, 0) is 14.6 Å². The van der Waals surface area contributed by atoms with E-state index >= 15 is 0 Å². The summed E-state index contributed by atoms with van der Waals surface area (Å²) in [6, 6.07) is 3.64. The number of sulfone groups is 1. The van der Waals surface area contributed by atoms with Crippen molar-refractivity contribution >= 4 is 27.2 Å². The Hall–Kier alpha value is -2.16. The van der Waals surface area contributed by atoms with Gasteiger partial charge in [0.15, 0.2) is 9.84 Å². The molecule has 0 aliphatic rings. The average Bonchev–Trinajstić information content (AvgIpc) is 2.36. The molecule has 0 fully saturated rings. The molecule has 21 heavy (non-hydrogen) atoms. The highest BCUT2D eigenvalue weighted by Crippen LogP contribution is 2.27. The van der Waals surface area contributed by atoms with Crippen LogP contribution in [0.25, 0.3) is 0 Å². The van der Waals surface area contributed by atoms with Crippen molar-refractivity contribution in [3.05, 3.63) is 28.3 Å². The molecule has 9 heteroatoms. The highest BCUT2D eigenvalue weighted by molar-refractivity contribution is 7.90. The van der Waals surface area contributed by atoms with E-state index in [1.165, 1.54) is 12.1 Å². The summed E-state index contributed by atoms with van der Waals surface area (Å²) in [7, 11) is -3.51. The molecule has 0 bridgehead atoms. The highest BCUT2D eigenvalue weighted by Gasteiger charge is 2.18. The maximum Gasteiger partial charge on any atom is 0.303 e. The van der Waals surface area contributed by atoms with E-state index in [-0.39, 0.29) is 22.7 Å². The molecule has 0 aliphatic carbocycles. The van der Waals surface area contributed by atoms with Crippen LogP contribution in [0.1, 0.15) is 19.3 Å². The minimum absolute atomic E-state index is 0.0385. The van der Waals surface area contributed by atoms with Gasteiger partial charge < -0.3 is 10.4 Å². The lowest BCUT2D eigenvalue weighted by atomic mass is 10.2. The third kappa shape index (κ3) is 5.38. The number of nitrogens with zero attached hydrogens (tertiary/aromatic N) is 1. The van der Waals surface area contributed by atoms with E-state index in [0.717, 1.165) is 12.3 Å². The van der Waals surface area contributed by atoms with Crippen LogP contribution in [0.3, 0.4) is 0 Å². The lowest BCUT2D eigenvalue weighted by Crippen LogP contribution is -2.06. The van der Waals surface area contributed by atoms with Crippen LogP contribution in [0.4, 0.5) is 11.4 Å². The summed E-state index contributed by atoms with van der Waals surface area (Å²) in [5, 5.41) is 22.3. The van der Waals surface area contributed by atoms with Gasteiger partial charge in [0.1, 0.15) is 5.69 Å². The van der Waals surface area contributed by atoms with Gasteiger partial charge in [0.2, 0.25) is 0 Å². The molecular formula is C12H16N2O6S. The number of nitrogens with one attached hydrogen (secondary N) is 1. The fourth-order valence-corrected chi connectivity index (χ4v) is 2.31. The number of carbonyl (C=O) groups is 1. The molecule has 0 spiro atoms. The van der Waals surface area contributed by atoms with Crippen LogP contribution < -0.4 is 5.32 Å². The molecule has 2 N–H and O–H groups in total. The summed E-state index contributed by atoms with van der Waals surface area (Å²) in [5.41, 5.74) is -0.112. The molecule has 0 heterocycles. The van der Waals surface area contributed by atoms with Crippen molar-refractivity contribution in [3.63, 3.8) is 0 Å². The molecule has 0 aromatic heterocycles. The summed E-state index contributed by atoms with van der Waals surface area (Å²) in [6.45, 7) is 0.367. The number of carboxylic acids is 1. The predicted molar refractivity (Wildman–Crippen MR) is 76.2 cm³/mol. The van der Waals surface area contributed by atoms with Crippen LogP contribution >= 0.6 is 0 Å². The van der Waals surface area contributed by atoms with Gasteiger partial charge in [-0.3, -0.25) is 14.9 Å². The number of hydrogen-bond acceptors (Lipinski definition) is 6. The molecule has 116 valence electrons. The fraction of sp³-hybridized carbons (Fsp3) is 0.417. The number of carboxylic acid groups (broad SMARTS) is 1. The number of hydrogen-bond donors (Lipinski definition) is 2. The zero-order chi connectivity index (χ0) is 16.0. The first-order valence-electron chi connectivity index (χ1n) is 6.16. The molecule has 0 saturated heterocycles. The standard InChI is InChI=1S/C12H16N2O6S/c1-21(19,20)9-5-6-10(11(8-9)14(17)18)13-7-3-2-4-12(15)16/h5-6,8,13H,2-4,7H2,1H3,(H,15,16). The molecule has 0 radical (unpaired) electrons. The van der Waals surface area contributed by atoms with Gasteiger partial charge in [-0.1, -0.05) is 0 Å². The van der Waals surface area contributed by atoms with Crippen LogP contribution in [0.15, 0.2) is 23.1 Å². The number of benzene rings is 1. The third-order valence-electron chi connectivity index (χ3n) is 2.73. The number of unbranched alkanes of at least 4 members (excludes halogenated alkanes) is 1. The van der Waals surface area contributed by atoms with Gasteiger partial charge in [-0.05, 0) is 25.0 Å². The van der Waals surface area contributed by atoms with E-state index in [1.54, 1.807) is 0 Å². The van der Waals surface area contributed by atoms with Gasteiger partial charge in [0, 0.05) is 25.3 Å². The first kappa shape index (κ1) is 16.9. The summed E-state index contributed by atoms with van der Waals surface area (Å²) in [5.74, 6) is -0.890. The molecule has 0 saturated carbocycles. The fourth-order valence-electron chi connectivity index (χ4n) is 1.67. The third-order valence-corrected chi connectivity index (χ3v) is 3.84. The molecule has 0 amide bonds. The summed E-state index contributed by atoms with van der Waals surface area (Å²) in [6.07, 6.45) is 2.01. The smallest absolute Gasteiger partial charge is 0.303 e. The van der Waals surface area contributed by atoms with Gasteiger partial charge in [-0.2, -0.15) is 0 Å². The minimum atomic E-state index is -3.51. The van der Waals surface area contributed by atoms with Gasteiger partial charge in [-0.25, -0.2) is 8.42 Å². The Morgan fingerprint density at radius 2 is 2.05 bits per heavy atom. The first-order valence-corrected chi connectivity index (χ1v) is 8.05. The van der Waals surface area contributed by atoms with Gasteiger partial charge in [0.25, 0.3) is 5.69 Å². The van der Waals surface area contributed by atoms with Crippen LogP contribution in [0, 0.1) is 10.1 Å². The molecule has 8 nitrogen and oxygen atoms in total. The second-order valence-corrected chi connectivity index (χ2v) is 6.50. The van der Waals surface area contributed by atoms with E-state index < -0.39 is 20.7 Å². The summed E-state index contributed by atoms with van der Waals surface area (Å²) >= 11 is 0. The summed E-state index contributed by atoms with van der Waals surface area (Å²) < 4.78 is 22.8. The quantitative estimate of drug-likeness (QED) is 0.424. The van der Waals surface area contributed by atoms with E-state index in [2.05, 4.69) is 5.32 Å². The molecule has 1 rings (SSSR count). The molecule has 0 aliphatic heterocycles. The maximum absolute atomic E-state index is 11.4. The Kier molecular flexibility index (Phi) is 5.65. The Labute approximate surface area is 121 Å². The number of nitro groups is 1. The van der Waals surface area contributed by atoms with E-state index in [9.17, 15) is 23.3 Å². The largest absolute Gasteiger partial charge is 0.481 e. The van der Waals surface area contributed by atoms with Gasteiger partial charge >= 0.3 is 5.97 Å². The van der Waals surface area contributed by atoms with Crippen molar-refractivity contribution in [2.75, 3.05) is 18.1 Å². The monoisotopic (exact) mass is 316 g/mol. The summed E-state index contributed by atoms with van der Waals surface area (Å²) in [4.78, 5) is 20.5. The van der Waals surface area contributed by atoms with E-state index in [1.807, 2.05) is 0 Å². The van der Waals surface area contributed by atoms with Gasteiger partial charge in [0.05, 0.1) is 9.82 Å². The molecule has 0 unspecified atom stereocenters. The van der Waals surface area contributed by atoms with Crippen LogP contribution in [0.2, 0.25) is 0 Å². The van der Waals surface area contributed by atoms with Crippen molar-refractivity contribution in [1.29, 1.82) is 0 Å². The van der Waals surface area contributed by atoms with Crippen molar-refractivity contribution in [1.82, 2.24) is 0 Å². The van der Waals surface area contributed by atoms with Crippen molar-refractivity contribution < 1.29 is 23.2 Å². The topological polar surface area (TPSA) is 127 Å². The second kappa shape index (κ2) is 7.02. The highest BCUT2D eigenvalue weighted by atomic mass is 32.2. The Balaban J connectivity index is 2.78. The normalized spacial score (nSPS) is 11.1. The number of rotatable bonds is 8. The number of nitro benzene ring substituents is 1. The zero-order valence-corrected chi connectivity index (χ0v) is 12.2. The molecule has 1 aromatic carbocycles. The van der Waals surface area contributed by atoms with E-state index in [0.29, 0.717) is 19.4 Å². The van der Waals surface area contributed by atoms with Crippen molar-refractivity contribution in [3.8, 4) is 0 Å².